The van der Waals surface area contributed by atoms with E-state index in [1.165, 1.54) is 23.8 Å². The van der Waals surface area contributed by atoms with E-state index in [0.29, 0.717) is 5.57 Å². The lowest BCUT2D eigenvalue weighted by Gasteiger charge is -2.49. The van der Waals surface area contributed by atoms with Crippen molar-refractivity contribution in [3.05, 3.63) is 41.3 Å². The summed E-state index contributed by atoms with van der Waals surface area (Å²) in [6, 6.07) is 5.78. The number of piperidine rings is 1. The summed E-state index contributed by atoms with van der Waals surface area (Å²) in [5.41, 5.74) is 4.20. The molecule has 1 aromatic heterocycles. The topological polar surface area (TPSA) is 74.8 Å². The molecule has 2 aromatic rings. The zero-order valence-electron chi connectivity index (χ0n) is 15.6. The largest absolute Gasteiger partial charge is 0.508 e. The Balaban J connectivity index is 1.55. The van der Waals surface area contributed by atoms with Crippen LogP contribution in [-0.4, -0.2) is 47.3 Å². The highest BCUT2D eigenvalue weighted by Crippen LogP contribution is 2.47. The van der Waals surface area contributed by atoms with Crippen molar-refractivity contribution in [2.75, 3.05) is 20.2 Å². The molecule has 1 saturated heterocycles. The van der Waals surface area contributed by atoms with E-state index in [1.807, 2.05) is 6.07 Å². The summed E-state index contributed by atoms with van der Waals surface area (Å²) in [5, 5.41) is 11.0. The molecule has 0 saturated carbocycles. The first-order chi connectivity index (χ1) is 13.1. The number of benzene rings is 1. The molecule has 3 aliphatic rings. The third-order valence-corrected chi connectivity index (χ3v) is 6.62. The van der Waals surface area contributed by atoms with Gasteiger partial charge in [-0.3, -0.25) is 4.90 Å². The highest BCUT2D eigenvalue weighted by molar-refractivity contribution is 5.89. The fourth-order valence-corrected chi connectivity index (χ4v) is 5.23. The summed E-state index contributed by atoms with van der Waals surface area (Å²) in [7, 11) is 1.42. The van der Waals surface area contributed by atoms with E-state index in [1.54, 1.807) is 18.4 Å². The SMILES string of the molecule is COC(=O)C1=CO[C@@H](C)C2CN3CCc4c([nH]c5cc(O)ccc45)C3CC12. The maximum Gasteiger partial charge on any atom is 0.337 e. The van der Waals surface area contributed by atoms with Gasteiger partial charge in [0.05, 0.1) is 31.1 Å². The summed E-state index contributed by atoms with van der Waals surface area (Å²) in [5.74, 6) is 0.405. The number of carbonyl (C=O) groups is 1. The van der Waals surface area contributed by atoms with Crippen LogP contribution in [-0.2, 0) is 20.7 Å². The molecule has 3 unspecified atom stereocenters. The number of carbonyl (C=O) groups excluding carboxylic acids is 1. The van der Waals surface area contributed by atoms with E-state index in [2.05, 4.69) is 16.8 Å². The number of hydrogen-bond acceptors (Lipinski definition) is 5. The number of H-pyrrole nitrogens is 1. The first kappa shape index (κ1) is 16.7. The molecular weight excluding hydrogens is 344 g/mol. The second-order valence-electron chi connectivity index (χ2n) is 7.92. The number of nitrogens with zero attached hydrogens (tertiary/aromatic N) is 1. The number of fused-ring (bicyclic) bond motifs is 6. The predicted octanol–water partition coefficient (Wildman–Crippen LogP) is 2.88. The standard InChI is InChI=1S/C21H24N2O4/c1-11-16-9-23-6-5-14-13-4-3-12(24)7-18(13)22-20(14)19(23)8-15(16)17(10-27-11)21(25)26-2/h3-4,7,10-11,15-16,19,22,24H,5-6,8-9H2,1-2H3/t11-,15?,16?,19?/m0/s1. The molecule has 5 rings (SSSR count). The summed E-state index contributed by atoms with van der Waals surface area (Å²) in [4.78, 5) is 18.4. The van der Waals surface area contributed by atoms with Crippen molar-refractivity contribution >= 4 is 16.9 Å². The van der Waals surface area contributed by atoms with Gasteiger partial charge in [0.25, 0.3) is 0 Å². The van der Waals surface area contributed by atoms with Gasteiger partial charge in [0.15, 0.2) is 0 Å². The van der Waals surface area contributed by atoms with Crippen LogP contribution in [0.15, 0.2) is 30.0 Å². The molecule has 2 N–H and O–H groups in total. The molecule has 0 spiro atoms. The maximum absolute atomic E-state index is 12.3. The van der Waals surface area contributed by atoms with Gasteiger partial charge >= 0.3 is 5.97 Å². The van der Waals surface area contributed by atoms with Gasteiger partial charge in [-0.25, -0.2) is 4.79 Å². The van der Waals surface area contributed by atoms with Gasteiger partial charge in [0.1, 0.15) is 5.75 Å². The molecule has 1 aromatic carbocycles. The predicted molar refractivity (Wildman–Crippen MR) is 100 cm³/mol. The number of aromatic amines is 1. The number of rotatable bonds is 1. The van der Waals surface area contributed by atoms with E-state index >= 15 is 0 Å². The lowest BCUT2D eigenvalue weighted by molar-refractivity contribution is -0.139. The number of phenols is 1. The third kappa shape index (κ3) is 2.46. The zero-order chi connectivity index (χ0) is 18.7. The van der Waals surface area contributed by atoms with Crippen molar-refractivity contribution in [2.24, 2.45) is 11.8 Å². The van der Waals surface area contributed by atoms with Crippen molar-refractivity contribution in [2.45, 2.75) is 31.9 Å². The van der Waals surface area contributed by atoms with Gasteiger partial charge in [-0.15, -0.1) is 0 Å². The average molecular weight is 368 g/mol. The summed E-state index contributed by atoms with van der Waals surface area (Å²) < 4.78 is 10.8. The van der Waals surface area contributed by atoms with E-state index in [9.17, 15) is 9.90 Å². The Hall–Kier alpha value is -2.47. The fraction of sp³-hybridized carbons (Fsp3) is 0.476. The monoisotopic (exact) mass is 368 g/mol. The quantitative estimate of drug-likeness (QED) is 0.757. The van der Waals surface area contributed by atoms with Crippen LogP contribution in [0.4, 0.5) is 0 Å². The molecule has 4 atom stereocenters. The van der Waals surface area contributed by atoms with Gasteiger partial charge < -0.3 is 19.6 Å². The van der Waals surface area contributed by atoms with E-state index in [4.69, 9.17) is 9.47 Å². The molecule has 3 aliphatic heterocycles. The normalized spacial score (nSPS) is 29.9. The van der Waals surface area contributed by atoms with Crippen molar-refractivity contribution < 1.29 is 19.4 Å². The highest BCUT2D eigenvalue weighted by Gasteiger charge is 2.46. The Morgan fingerprint density at radius 2 is 2.26 bits per heavy atom. The molecule has 6 heteroatoms. The van der Waals surface area contributed by atoms with Crippen LogP contribution >= 0.6 is 0 Å². The Bertz CT molecular complexity index is 947. The third-order valence-electron chi connectivity index (χ3n) is 6.62. The maximum atomic E-state index is 12.3. The number of phenolic OH excluding ortho intramolecular Hbond substituents is 1. The van der Waals surface area contributed by atoms with Gasteiger partial charge in [-0.05, 0) is 37.5 Å². The summed E-state index contributed by atoms with van der Waals surface area (Å²) >= 11 is 0. The van der Waals surface area contributed by atoms with Crippen LogP contribution in [0.2, 0.25) is 0 Å². The summed E-state index contributed by atoms with van der Waals surface area (Å²) in [6.45, 7) is 3.99. The zero-order valence-corrected chi connectivity index (χ0v) is 15.6. The first-order valence-corrected chi connectivity index (χ1v) is 9.58. The van der Waals surface area contributed by atoms with Crippen LogP contribution in [0.5, 0.6) is 5.75 Å². The Labute approximate surface area is 157 Å². The number of aromatic hydroxyl groups is 1. The number of ether oxygens (including phenoxy) is 2. The number of hydrogen-bond donors (Lipinski definition) is 2. The Morgan fingerprint density at radius 3 is 3.07 bits per heavy atom. The van der Waals surface area contributed by atoms with Crippen LogP contribution in [0.25, 0.3) is 10.9 Å². The van der Waals surface area contributed by atoms with Gasteiger partial charge in [0.2, 0.25) is 0 Å². The molecule has 0 bridgehead atoms. The van der Waals surface area contributed by atoms with Crippen molar-refractivity contribution in [3.63, 3.8) is 0 Å². The molecule has 0 radical (unpaired) electrons. The molecule has 1 fully saturated rings. The first-order valence-electron chi connectivity index (χ1n) is 9.58. The van der Waals surface area contributed by atoms with Gasteiger partial charge in [-0.2, -0.15) is 0 Å². The summed E-state index contributed by atoms with van der Waals surface area (Å²) in [6.07, 6.45) is 3.55. The van der Waals surface area contributed by atoms with Crippen molar-refractivity contribution in [1.82, 2.24) is 9.88 Å². The Kier molecular flexibility index (Phi) is 3.72. The van der Waals surface area contributed by atoms with Crippen LogP contribution in [0.3, 0.4) is 0 Å². The molecule has 6 nitrogen and oxygen atoms in total. The van der Waals surface area contributed by atoms with Gasteiger partial charge in [0, 0.05) is 47.6 Å². The molecule has 27 heavy (non-hydrogen) atoms. The molecule has 142 valence electrons. The fourth-order valence-electron chi connectivity index (χ4n) is 5.23. The van der Waals surface area contributed by atoms with E-state index in [-0.39, 0.29) is 35.7 Å². The number of aromatic nitrogens is 1. The van der Waals surface area contributed by atoms with Crippen molar-refractivity contribution in [1.29, 1.82) is 0 Å². The number of esters is 1. The smallest absolute Gasteiger partial charge is 0.337 e. The number of nitrogens with one attached hydrogen (secondary N) is 1. The van der Waals surface area contributed by atoms with Crippen LogP contribution < -0.4 is 0 Å². The Morgan fingerprint density at radius 1 is 1.41 bits per heavy atom. The minimum absolute atomic E-state index is 0.0883. The lowest BCUT2D eigenvalue weighted by Crippen LogP contribution is -2.51. The second kappa shape index (κ2) is 6.02. The number of methoxy groups -OCH3 is 1. The van der Waals surface area contributed by atoms with Crippen LogP contribution in [0.1, 0.15) is 30.6 Å². The molecule has 4 heterocycles. The van der Waals surface area contributed by atoms with E-state index in [0.717, 1.165) is 31.4 Å². The van der Waals surface area contributed by atoms with Crippen LogP contribution in [0, 0.1) is 11.8 Å². The average Bonchev–Trinajstić information content (AvgIpc) is 3.04. The highest BCUT2D eigenvalue weighted by atomic mass is 16.5. The van der Waals surface area contributed by atoms with Gasteiger partial charge in [-0.1, -0.05) is 0 Å². The van der Waals surface area contributed by atoms with E-state index < -0.39 is 0 Å². The molecule has 0 aliphatic carbocycles. The van der Waals surface area contributed by atoms with Crippen molar-refractivity contribution in [3.8, 4) is 5.75 Å². The lowest BCUT2D eigenvalue weighted by atomic mass is 9.72. The molecule has 0 amide bonds. The minimum atomic E-state index is -0.289. The minimum Gasteiger partial charge on any atom is -0.508 e. The second-order valence-corrected chi connectivity index (χ2v) is 7.92. The molecular formula is C21H24N2O4.